The monoisotopic (exact) mass is 432 g/mol. The molecular weight excluding hydrogens is 420 g/mol. The minimum Gasteiger partial charge on any atom is -0.478 e. The summed E-state index contributed by atoms with van der Waals surface area (Å²) in [6.07, 6.45) is 1.64. The van der Waals surface area contributed by atoms with Gasteiger partial charge in [0.25, 0.3) is 0 Å². The second-order valence-electron chi connectivity index (χ2n) is 5.91. The van der Waals surface area contributed by atoms with E-state index >= 15 is 0 Å². The number of nitrogens with zero attached hydrogens (tertiary/aromatic N) is 3. The minimum atomic E-state index is -1.52. The van der Waals surface area contributed by atoms with E-state index in [-0.39, 0.29) is 10.8 Å². The maximum absolute atomic E-state index is 13.0. The Morgan fingerprint density at radius 2 is 1.96 bits per heavy atom. The van der Waals surface area contributed by atoms with Crippen molar-refractivity contribution in [3.8, 4) is 0 Å². The molecule has 0 saturated carbocycles. The zero-order valence-electron chi connectivity index (χ0n) is 14.4. The first-order valence-electron chi connectivity index (χ1n) is 8.04. The molecule has 0 radical (unpaired) electrons. The number of benzene rings is 1. The van der Waals surface area contributed by atoms with Gasteiger partial charge in [0.15, 0.2) is 16.6 Å². The van der Waals surface area contributed by atoms with Crippen LogP contribution in [-0.2, 0) is 11.0 Å². The molecule has 0 amide bonds. The first-order chi connectivity index (χ1) is 13.4. The molecule has 0 saturated heterocycles. The van der Waals surface area contributed by atoms with Crippen molar-refractivity contribution >= 4 is 62.4 Å². The summed E-state index contributed by atoms with van der Waals surface area (Å²) in [6, 6.07) is 9.08. The van der Waals surface area contributed by atoms with E-state index in [1.807, 2.05) is 19.1 Å². The van der Waals surface area contributed by atoms with Crippen molar-refractivity contribution in [2.45, 2.75) is 11.8 Å². The summed E-state index contributed by atoms with van der Waals surface area (Å²) in [5, 5.41) is 16.0. The van der Waals surface area contributed by atoms with Gasteiger partial charge in [-0.25, -0.2) is 13.0 Å². The summed E-state index contributed by atoms with van der Waals surface area (Å²) >= 11 is 7.34. The average Bonchev–Trinajstić information content (AvgIpc) is 3.28. The lowest BCUT2D eigenvalue weighted by molar-refractivity contribution is 0.0698. The molecule has 1 unspecified atom stereocenters. The van der Waals surface area contributed by atoms with Gasteiger partial charge in [-0.15, -0.1) is 11.3 Å². The van der Waals surface area contributed by atoms with Crippen LogP contribution >= 0.6 is 22.9 Å². The number of nitrogens with one attached hydrogen (secondary N) is 1. The van der Waals surface area contributed by atoms with Crippen molar-refractivity contribution in [1.82, 2.24) is 13.9 Å². The number of aryl methyl sites for hydroxylation is 1. The number of hydrogen-bond donors (Lipinski definition) is 2. The van der Waals surface area contributed by atoms with E-state index in [0.717, 1.165) is 5.56 Å². The molecule has 0 fully saturated rings. The molecule has 1 atom stereocenters. The van der Waals surface area contributed by atoms with Crippen molar-refractivity contribution in [2.24, 2.45) is 0 Å². The molecule has 0 aliphatic carbocycles. The largest absolute Gasteiger partial charge is 0.478 e. The van der Waals surface area contributed by atoms with Crippen molar-refractivity contribution in [1.29, 1.82) is 0 Å². The molecule has 4 aromatic rings. The predicted octanol–water partition coefficient (Wildman–Crippen LogP) is 4.47. The van der Waals surface area contributed by atoms with Gasteiger partial charge in [0.1, 0.15) is 5.82 Å². The van der Waals surface area contributed by atoms with Crippen LogP contribution in [0.15, 0.2) is 52.2 Å². The molecule has 3 aromatic heterocycles. The highest BCUT2D eigenvalue weighted by molar-refractivity contribution is 7.83. The van der Waals surface area contributed by atoms with Crippen LogP contribution < -0.4 is 5.32 Å². The van der Waals surface area contributed by atoms with Crippen molar-refractivity contribution in [2.75, 3.05) is 5.32 Å². The Hall–Kier alpha value is -2.75. The van der Waals surface area contributed by atoms with Crippen molar-refractivity contribution in [3.05, 3.63) is 63.7 Å². The zero-order valence-corrected chi connectivity index (χ0v) is 16.8. The summed E-state index contributed by atoms with van der Waals surface area (Å²) < 4.78 is 14.5. The fraction of sp³-hybridized carbons (Fsp3) is 0.0556. The molecule has 2 N–H and O–H groups in total. The molecular formula is C18H13ClN4O3S2. The van der Waals surface area contributed by atoms with Gasteiger partial charge in [-0.3, -0.25) is 0 Å². The second-order valence-corrected chi connectivity index (χ2v) is 8.36. The van der Waals surface area contributed by atoms with E-state index in [0.29, 0.717) is 27.4 Å². The average molecular weight is 433 g/mol. The van der Waals surface area contributed by atoms with Crippen LogP contribution in [-0.4, -0.2) is 29.2 Å². The number of carboxylic acids is 1. The lowest BCUT2D eigenvalue weighted by atomic mass is 10.2. The number of carboxylic acid groups (broad SMARTS) is 1. The van der Waals surface area contributed by atoms with E-state index in [4.69, 9.17) is 11.6 Å². The molecule has 1 aromatic carbocycles. The van der Waals surface area contributed by atoms with Gasteiger partial charge in [-0.1, -0.05) is 17.7 Å². The van der Waals surface area contributed by atoms with Crippen LogP contribution in [0.3, 0.4) is 0 Å². The highest BCUT2D eigenvalue weighted by atomic mass is 35.5. The molecule has 10 heteroatoms. The fourth-order valence-corrected chi connectivity index (χ4v) is 4.63. The Kier molecular flexibility index (Phi) is 4.88. The lowest BCUT2D eigenvalue weighted by Crippen LogP contribution is -2.06. The van der Waals surface area contributed by atoms with E-state index in [1.54, 1.807) is 29.8 Å². The van der Waals surface area contributed by atoms with Crippen molar-refractivity contribution in [3.63, 3.8) is 0 Å². The van der Waals surface area contributed by atoms with Crippen LogP contribution in [0.4, 0.5) is 11.5 Å². The molecule has 0 aliphatic rings. The van der Waals surface area contributed by atoms with Crippen LogP contribution in [0.2, 0.25) is 5.28 Å². The predicted molar refractivity (Wildman–Crippen MR) is 110 cm³/mol. The summed E-state index contributed by atoms with van der Waals surface area (Å²) in [6.45, 7) is 1.96. The number of carbonyl (C=O) groups is 1. The van der Waals surface area contributed by atoms with Gasteiger partial charge in [0.2, 0.25) is 5.28 Å². The van der Waals surface area contributed by atoms with E-state index in [1.165, 1.54) is 20.7 Å². The normalized spacial score (nSPS) is 12.2. The number of anilines is 2. The first-order valence-corrected chi connectivity index (χ1v) is 10.5. The molecule has 0 bridgehead atoms. The van der Waals surface area contributed by atoms with Crippen LogP contribution in [0.1, 0.15) is 15.9 Å². The van der Waals surface area contributed by atoms with Crippen LogP contribution in [0, 0.1) is 6.92 Å². The second kappa shape index (κ2) is 7.34. The van der Waals surface area contributed by atoms with Gasteiger partial charge < -0.3 is 10.4 Å². The maximum atomic E-state index is 13.0. The summed E-state index contributed by atoms with van der Waals surface area (Å²) in [5.41, 5.74) is 1.99. The number of rotatable bonds is 5. The van der Waals surface area contributed by atoms with E-state index in [9.17, 15) is 14.1 Å². The maximum Gasteiger partial charge on any atom is 0.338 e. The van der Waals surface area contributed by atoms with E-state index in [2.05, 4.69) is 15.3 Å². The zero-order chi connectivity index (χ0) is 19.8. The Balaban J connectivity index is 1.78. The number of thiophene rings is 1. The summed E-state index contributed by atoms with van der Waals surface area (Å²) in [5.74, 6) is -0.700. The third-order valence-electron chi connectivity index (χ3n) is 4.03. The van der Waals surface area contributed by atoms with Gasteiger partial charge in [-0.2, -0.15) is 9.97 Å². The highest BCUT2D eigenvalue weighted by Gasteiger charge is 2.18. The Morgan fingerprint density at radius 3 is 2.68 bits per heavy atom. The molecule has 28 heavy (non-hydrogen) atoms. The third-order valence-corrected chi connectivity index (χ3v) is 6.27. The van der Waals surface area contributed by atoms with E-state index < -0.39 is 17.0 Å². The minimum absolute atomic E-state index is 0.0389. The lowest BCUT2D eigenvalue weighted by Gasteiger charge is -2.09. The Bertz CT molecular complexity index is 1220. The molecule has 7 nitrogen and oxygen atoms in total. The third kappa shape index (κ3) is 3.39. The standard InChI is InChI=1S/C18H13ClN4O3S2/c1-10-2-4-11(5-3-10)28(26)23-7-6-12-15(21-18(19)22-16(12)23)20-14-9-27-8-13(14)17(24)25/h2-9H,1H3,(H,24,25)(H,20,21,22). The van der Waals surface area contributed by atoms with Crippen LogP contribution in [0.25, 0.3) is 11.0 Å². The number of halogens is 1. The number of aromatic nitrogens is 3. The molecule has 3 heterocycles. The van der Waals surface area contributed by atoms with Gasteiger partial charge in [-0.05, 0) is 36.7 Å². The highest BCUT2D eigenvalue weighted by Crippen LogP contribution is 2.30. The smallest absolute Gasteiger partial charge is 0.338 e. The van der Waals surface area contributed by atoms with Gasteiger partial charge >= 0.3 is 5.97 Å². The first kappa shape index (κ1) is 18.6. The number of fused-ring (bicyclic) bond motifs is 1. The van der Waals surface area contributed by atoms with Gasteiger partial charge in [0.05, 0.1) is 21.5 Å². The van der Waals surface area contributed by atoms with Crippen molar-refractivity contribution < 1.29 is 14.1 Å². The summed E-state index contributed by atoms with van der Waals surface area (Å²) in [4.78, 5) is 20.4. The molecule has 0 spiro atoms. The Morgan fingerprint density at radius 1 is 1.21 bits per heavy atom. The van der Waals surface area contributed by atoms with Gasteiger partial charge in [0, 0.05) is 17.0 Å². The number of hydrogen-bond acceptors (Lipinski definition) is 6. The summed E-state index contributed by atoms with van der Waals surface area (Å²) in [7, 11) is -1.52. The molecule has 0 aliphatic heterocycles. The molecule has 4 rings (SSSR count). The number of aromatic carboxylic acids is 1. The SMILES string of the molecule is Cc1ccc(S(=O)n2ccc3c(Nc4cscc4C(=O)O)nc(Cl)nc32)cc1. The molecule has 142 valence electrons. The van der Waals surface area contributed by atoms with Crippen LogP contribution in [0.5, 0.6) is 0 Å². The Labute approximate surface area is 171 Å². The quantitative estimate of drug-likeness (QED) is 0.451. The topological polar surface area (TPSA) is 97.1 Å². The fourth-order valence-electron chi connectivity index (χ4n) is 2.65.